The number of nitrogens with two attached hydrogens (primary N) is 1. The van der Waals surface area contributed by atoms with Gasteiger partial charge in [-0.25, -0.2) is 0 Å². The number of hydrogen-bond donors (Lipinski definition) is 1. The van der Waals surface area contributed by atoms with Crippen molar-refractivity contribution in [2.45, 2.75) is 0 Å². The minimum atomic E-state index is 0.436. The molecule has 0 amide bonds. The quantitative estimate of drug-likeness (QED) is 0.897. The highest BCUT2D eigenvalue weighted by Crippen LogP contribution is 2.31. The molecule has 0 radical (unpaired) electrons. The summed E-state index contributed by atoms with van der Waals surface area (Å²) in [6.07, 6.45) is 0. The predicted molar refractivity (Wildman–Crippen MR) is 70.6 cm³/mol. The maximum Gasteiger partial charge on any atom is 0.221 e. The first-order valence-electron chi connectivity index (χ1n) is 4.50. The molecule has 0 aliphatic carbocycles. The second-order valence-corrected chi connectivity index (χ2v) is 4.85. The van der Waals surface area contributed by atoms with E-state index in [1.807, 2.05) is 18.2 Å². The highest BCUT2D eigenvalue weighted by atomic mass is 79.9. The van der Waals surface area contributed by atoms with Crippen LogP contribution in [0.25, 0.3) is 0 Å². The van der Waals surface area contributed by atoms with Gasteiger partial charge >= 0.3 is 0 Å². The van der Waals surface area contributed by atoms with E-state index in [2.05, 4.69) is 36.8 Å². The average molecular weight is 344 g/mol. The second-order valence-electron chi connectivity index (χ2n) is 3.08. The molecule has 0 fully saturated rings. The number of nitrogen functional groups attached to an aromatic ring is 1. The van der Waals surface area contributed by atoms with E-state index >= 15 is 0 Å². The van der Waals surface area contributed by atoms with Crippen LogP contribution in [0.4, 0.5) is 5.82 Å². The number of aromatic nitrogens is 1. The molecule has 3 nitrogen and oxygen atoms in total. The first kappa shape index (κ1) is 11.4. The predicted octanol–water partition coefficient (Wildman–Crippen LogP) is 3.98. The molecule has 0 saturated carbocycles. The fraction of sp³-hybridized carbons (Fsp3) is 0. The highest BCUT2D eigenvalue weighted by molar-refractivity contribution is 9.11. The van der Waals surface area contributed by atoms with E-state index in [4.69, 9.17) is 10.5 Å². The molecule has 0 spiro atoms. The Bertz CT molecular complexity index is 517. The molecule has 0 saturated heterocycles. The SMILES string of the molecule is Nc1cccc(Oc2ccc(Br)cc2Br)n1. The normalized spacial score (nSPS) is 10.1. The molecule has 1 aromatic heterocycles. The molecular formula is C11H8Br2N2O. The van der Waals surface area contributed by atoms with Crippen molar-refractivity contribution in [1.82, 2.24) is 4.98 Å². The third-order valence-electron chi connectivity index (χ3n) is 1.85. The largest absolute Gasteiger partial charge is 0.438 e. The van der Waals surface area contributed by atoms with Crippen LogP contribution in [0, 0.1) is 0 Å². The molecule has 1 aromatic carbocycles. The summed E-state index contributed by atoms with van der Waals surface area (Å²) < 4.78 is 7.42. The molecule has 82 valence electrons. The summed E-state index contributed by atoms with van der Waals surface area (Å²) in [7, 11) is 0. The average Bonchev–Trinajstić information content (AvgIpc) is 2.22. The van der Waals surface area contributed by atoms with Gasteiger partial charge in [0.05, 0.1) is 4.47 Å². The lowest BCUT2D eigenvalue weighted by Gasteiger charge is -2.07. The number of ether oxygens (including phenoxy) is 1. The summed E-state index contributed by atoms with van der Waals surface area (Å²) in [5.41, 5.74) is 5.56. The molecule has 0 aliphatic rings. The van der Waals surface area contributed by atoms with Crippen LogP contribution in [-0.4, -0.2) is 4.98 Å². The van der Waals surface area contributed by atoms with Crippen LogP contribution >= 0.6 is 31.9 Å². The number of nitrogens with zero attached hydrogens (tertiary/aromatic N) is 1. The summed E-state index contributed by atoms with van der Waals surface area (Å²) >= 11 is 6.78. The van der Waals surface area contributed by atoms with Crippen LogP contribution in [0.1, 0.15) is 0 Å². The van der Waals surface area contributed by atoms with Crippen molar-refractivity contribution in [3.8, 4) is 11.6 Å². The molecule has 2 N–H and O–H groups in total. The lowest BCUT2D eigenvalue weighted by Crippen LogP contribution is -1.93. The minimum absolute atomic E-state index is 0.436. The van der Waals surface area contributed by atoms with Gasteiger partial charge in [-0.2, -0.15) is 4.98 Å². The maximum atomic E-state index is 5.59. The maximum absolute atomic E-state index is 5.59. The fourth-order valence-corrected chi connectivity index (χ4v) is 2.29. The van der Waals surface area contributed by atoms with Crippen LogP contribution in [-0.2, 0) is 0 Å². The number of hydrogen-bond acceptors (Lipinski definition) is 3. The van der Waals surface area contributed by atoms with E-state index in [1.54, 1.807) is 18.2 Å². The molecular weight excluding hydrogens is 336 g/mol. The lowest BCUT2D eigenvalue weighted by molar-refractivity contribution is 0.461. The van der Waals surface area contributed by atoms with Crippen LogP contribution in [0.15, 0.2) is 45.3 Å². The Balaban J connectivity index is 2.27. The smallest absolute Gasteiger partial charge is 0.221 e. The Hall–Kier alpha value is -1.07. The third kappa shape index (κ3) is 2.74. The van der Waals surface area contributed by atoms with Crippen LogP contribution in [0.5, 0.6) is 11.6 Å². The van der Waals surface area contributed by atoms with Gasteiger partial charge in [0, 0.05) is 10.5 Å². The van der Waals surface area contributed by atoms with E-state index in [1.165, 1.54) is 0 Å². The Morgan fingerprint density at radius 2 is 1.94 bits per heavy atom. The Morgan fingerprint density at radius 1 is 1.12 bits per heavy atom. The summed E-state index contributed by atoms with van der Waals surface area (Å²) in [5, 5.41) is 0. The van der Waals surface area contributed by atoms with Gasteiger partial charge in [0.1, 0.15) is 11.6 Å². The molecule has 0 aliphatic heterocycles. The van der Waals surface area contributed by atoms with E-state index in [-0.39, 0.29) is 0 Å². The first-order chi connectivity index (χ1) is 7.65. The third-order valence-corrected chi connectivity index (χ3v) is 2.97. The standard InChI is InChI=1S/C11H8Br2N2O/c12-7-4-5-9(8(13)6-7)16-11-3-1-2-10(14)15-11/h1-6H,(H2,14,15). The van der Waals surface area contributed by atoms with Crippen molar-refractivity contribution in [3.05, 3.63) is 45.3 Å². The molecule has 16 heavy (non-hydrogen) atoms. The summed E-state index contributed by atoms with van der Waals surface area (Å²) in [5.74, 6) is 1.61. The van der Waals surface area contributed by atoms with E-state index < -0.39 is 0 Å². The monoisotopic (exact) mass is 342 g/mol. The van der Waals surface area contributed by atoms with Crippen molar-refractivity contribution in [2.75, 3.05) is 5.73 Å². The van der Waals surface area contributed by atoms with Gasteiger partial charge in [0.25, 0.3) is 0 Å². The minimum Gasteiger partial charge on any atom is -0.438 e. The van der Waals surface area contributed by atoms with Gasteiger partial charge in [-0.05, 0) is 40.2 Å². The number of pyridine rings is 1. The molecule has 2 rings (SSSR count). The van der Waals surface area contributed by atoms with Crippen LogP contribution in [0.3, 0.4) is 0 Å². The zero-order chi connectivity index (χ0) is 11.5. The zero-order valence-electron chi connectivity index (χ0n) is 8.15. The van der Waals surface area contributed by atoms with E-state index in [9.17, 15) is 0 Å². The lowest BCUT2D eigenvalue weighted by atomic mass is 10.3. The van der Waals surface area contributed by atoms with Gasteiger partial charge in [-0.1, -0.05) is 22.0 Å². The van der Waals surface area contributed by atoms with Crippen molar-refractivity contribution in [2.24, 2.45) is 0 Å². The Kier molecular flexibility index (Phi) is 3.46. The number of rotatable bonds is 2. The number of anilines is 1. The van der Waals surface area contributed by atoms with Gasteiger partial charge in [-0.3, -0.25) is 0 Å². The molecule has 0 unspecified atom stereocenters. The second kappa shape index (κ2) is 4.84. The number of benzene rings is 1. The molecule has 1 heterocycles. The number of halogens is 2. The van der Waals surface area contributed by atoms with Gasteiger partial charge in [-0.15, -0.1) is 0 Å². The van der Waals surface area contributed by atoms with Crippen molar-refractivity contribution in [1.29, 1.82) is 0 Å². The van der Waals surface area contributed by atoms with Crippen LogP contribution in [0.2, 0.25) is 0 Å². The van der Waals surface area contributed by atoms with Gasteiger partial charge in [0.15, 0.2) is 0 Å². The van der Waals surface area contributed by atoms with Gasteiger partial charge in [0.2, 0.25) is 5.88 Å². The van der Waals surface area contributed by atoms with Crippen LogP contribution < -0.4 is 10.5 Å². The summed E-state index contributed by atoms with van der Waals surface area (Å²) in [4.78, 5) is 4.06. The Labute approximate surface area is 110 Å². The fourth-order valence-electron chi connectivity index (χ4n) is 1.16. The molecule has 5 heteroatoms. The van der Waals surface area contributed by atoms with E-state index in [0.29, 0.717) is 17.4 Å². The van der Waals surface area contributed by atoms with E-state index in [0.717, 1.165) is 8.95 Å². The summed E-state index contributed by atoms with van der Waals surface area (Å²) in [6, 6.07) is 10.9. The highest BCUT2D eigenvalue weighted by Gasteiger charge is 2.04. The van der Waals surface area contributed by atoms with Gasteiger partial charge < -0.3 is 10.5 Å². The topological polar surface area (TPSA) is 48.1 Å². The Morgan fingerprint density at radius 3 is 2.62 bits per heavy atom. The van der Waals surface area contributed by atoms with Crippen molar-refractivity contribution in [3.63, 3.8) is 0 Å². The molecule has 0 bridgehead atoms. The zero-order valence-corrected chi connectivity index (χ0v) is 11.3. The first-order valence-corrected chi connectivity index (χ1v) is 6.09. The van der Waals surface area contributed by atoms with Crippen molar-refractivity contribution >= 4 is 37.7 Å². The summed E-state index contributed by atoms with van der Waals surface area (Å²) in [6.45, 7) is 0. The van der Waals surface area contributed by atoms with Crippen molar-refractivity contribution < 1.29 is 4.74 Å². The molecule has 2 aromatic rings. The molecule has 0 atom stereocenters.